The summed E-state index contributed by atoms with van der Waals surface area (Å²) in [6.07, 6.45) is 3.77. The largest absolute Gasteiger partial charge is 0.356 e. The van der Waals surface area contributed by atoms with E-state index in [0.29, 0.717) is 0 Å². The molecule has 23 heavy (non-hydrogen) atoms. The highest BCUT2D eigenvalue weighted by atomic mass is 16.2. The monoisotopic (exact) mass is 315 g/mol. The molecule has 1 fully saturated rings. The van der Waals surface area contributed by atoms with Gasteiger partial charge >= 0.3 is 0 Å². The van der Waals surface area contributed by atoms with Crippen LogP contribution in [0.2, 0.25) is 0 Å². The van der Waals surface area contributed by atoms with Crippen LogP contribution in [-0.4, -0.2) is 51.6 Å². The molecular weight excluding hydrogens is 290 g/mol. The Hall–Kier alpha value is -2.11. The van der Waals surface area contributed by atoms with Gasteiger partial charge in [0.25, 0.3) is 0 Å². The summed E-state index contributed by atoms with van der Waals surface area (Å²) < 4.78 is 1.87. The van der Waals surface area contributed by atoms with E-state index in [2.05, 4.69) is 21.0 Å². The van der Waals surface area contributed by atoms with Gasteiger partial charge in [-0.05, 0) is 33.6 Å². The molecule has 0 N–H and O–H groups in total. The van der Waals surface area contributed by atoms with Crippen molar-refractivity contribution in [2.75, 3.05) is 31.1 Å². The molecule has 2 aromatic rings. The van der Waals surface area contributed by atoms with Crippen LogP contribution in [0.1, 0.15) is 32.4 Å². The molecule has 6 heteroatoms. The fraction of sp³-hybridized carbons (Fsp3) is 0.588. The van der Waals surface area contributed by atoms with Crippen LogP contribution in [0.15, 0.2) is 18.3 Å². The Kier molecular flexibility index (Phi) is 4.50. The predicted octanol–water partition coefficient (Wildman–Crippen LogP) is 2.12. The van der Waals surface area contributed by atoms with Gasteiger partial charge in [-0.1, -0.05) is 0 Å². The average molecular weight is 315 g/mol. The molecule has 0 saturated carbocycles. The van der Waals surface area contributed by atoms with Crippen molar-refractivity contribution in [1.29, 1.82) is 0 Å². The molecule has 0 bridgehead atoms. The van der Waals surface area contributed by atoms with Crippen LogP contribution >= 0.6 is 0 Å². The highest BCUT2D eigenvalue weighted by molar-refractivity contribution is 5.79. The first-order valence-electron chi connectivity index (χ1n) is 8.49. The number of anilines is 1. The lowest BCUT2D eigenvalue weighted by atomic mass is 9.96. The molecular formula is C17H25N5O. The molecule has 1 aliphatic heterocycles. The van der Waals surface area contributed by atoms with Gasteiger partial charge in [0.1, 0.15) is 5.82 Å². The number of amides is 1. The van der Waals surface area contributed by atoms with Crippen LogP contribution in [0, 0.1) is 12.8 Å². The second kappa shape index (κ2) is 6.56. The van der Waals surface area contributed by atoms with E-state index in [1.807, 2.05) is 36.3 Å². The quantitative estimate of drug-likeness (QED) is 0.867. The van der Waals surface area contributed by atoms with Gasteiger partial charge in [0, 0.05) is 44.0 Å². The smallest absolute Gasteiger partial charge is 0.227 e. The van der Waals surface area contributed by atoms with Gasteiger partial charge in [0.15, 0.2) is 5.65 Å². The molecule has 1 saturated heterocycles. The summed E-state index contributed by atoms with van der Waals surface area (Å²) in [5, 5.41) is 4.39. The third-order valence-electron chi connectivity index (χ3n) is 4.64. The molecule has 1 unspecified atom stereocenters. The molecule has 124 valence electrons. The summed E-state index contributed by atoms with van der Waals surface area (Å²) in [6.45, 7) is 9.36. The van der Waals surface area contributed by atoms with E-state index in [9.17, 15) is 4.79 Å². The number of carbonyl (C=O) groups is 1. The number of piperidine rings is 1. The van der Waals surface area contributed by atoms with Crippen molar-refractivity contribution >= 4 is 17.4 Å². The molecule has 1 amide bonds. The summed E-state index contributed by atoms with van der Waals surface area (Å²) >= 11 is 0. The van der Waals surface area contributed by atoms with Crippen LogP contribution in [0.3, 0.4) is 0 Å². The average Bonchev–Trinajstić information content (AvgIpc) is 3.03. The molecule has 0 aromatic carbocycles. The maximum Gasteiger partial charge on any atom is 0.227 e. The molecule has 0 spiro atoms. The summed E-state index contributed by atoms with van der Waals surface area (Å²) in [4.78, 5) is 21.4. The molecule has 1 aliphatic rings. The number of hydrogen-bond acceptors (Lipinski definition) is 4. The van der Waals surface area contributed by atoms with E-state index in [-0.39, 0.29) is 11.8 Å². The predicted molar refractivity (Wildman–Crippen MR) is 90.6 cm³/mol. The Balaban J connectivity index is 1.85. The number of hydrogen-bond donors (Lipinski definition) is 0. The maximum atomic E-state index is 12.7. The van der Waals surface area contributed by atoms with Crippen LogP contribution in [0.5, 0.6) is 0 Å². The maximum absolute atomic E-state index is 12.7. The molecule has 1 atom stereocenters. The highest BCUT2D eigenvalue weighted by Gasteiger charge is 2.29. The minimum Gasteiger partial charge on any atom is -0.356 e. The van der Waals surface area contributed by atoms with Crippen molar-refractivity contribution in [3.8, 4) is 0 Å². The summed E-state index contributed by atoms with van der Waals surface area (Å²) in [5.74, 6) is 1.39. The number of nitrogens with zero attached hydrogens (tertiary/aromatic N) is 5. The third kappa shape index (κ3) is 3.02. The third-order valence-corrected chi connectivity index (χ3v) is 4.64. The second-order valence-corrected chi connectivity index (χ2v) is 6.15. The van der Waals surface area contributed by atoms with Gasteiger partial charge in [-0.15, -0.1) is 0 Å². The van der Waals surface area contributed by atoms with Crippen molar-refractivity contribution in [2.45, 2.75) is 33.6 Å². The number of aryl methyl sites for hydroxylation is 1. The lowest BCUT2D eigenvalue weighted by molar-refractivity contribution is -0.135. The van der Waals surface area contributed by atoms with Crippen molar-refractivity contribution in [2.24, 2.45) is 5.92 Å². The zero-order chi connectivity index (χ0) is 16.4. The Morgan fingerprint density at radius 3 is 2.91 bits per heavy atom. The lowest BCUT2D eigenvalue weighted by Gasteiger charge is -2.35. The molecule has 0 aliphatic carbocycles. The fourth-order valence-electron chi connectivity index (χ4n) is 3.42. The number of rotatable bonds is 4. The molecule has 0 radical (unpaired) electrons. The van der Waals surface area contributed by atoms with Crippen LogP contribution < -0.4 is 4.90 Å². The number of fused-ring (bicyclic) bond motifs is 1. The lowest BCUT2D eigenvalue weighted by Crippen LogP contribution is -2.45. The summed E-state index contributed by atoms with van der Waals surface area (Å²) in [7, 11) is 0. The summed E-state index contributed by atoms with van der Waals surface area (Å²) in [6, 6.07) is 3.98. The van der Waals surface area contributed by atoms with Gasteiger partial charge in [0.2, 0.25) is 5.91 Å². The van der Waals surface area contributed by atoms with Crippen LogP contribution in [0.4, 0.5) is 5.82 Å². The first-order chi connectivity index (χ1) is 11.1. The van der Waals surface area contributed by atoms with E-state index in [4.69, 9.17) is 0 Å². The van der Waals surface area contributed by atoms with Crippen molar-refractivity contribution in [3.05, 3.63) is 24.0 Å². The minimum atomic E-state index is 0.0720. The van der Waals surface area contributed by atoms with Gasteiger partial charge in [0.05, 0.1) is 12.1 Å². The first kappa shape index (κ1) is 15.8. The molecule has 6 nitrogen and oxygen atoms in total. The highest BCUT2D eigenvalue weighted by Crippen LogP contribution is 2.25. The van der Waals surface area contributed by atoms with Gasteiger partial charge < -0.3 is 9.80 Å². The standard InChI is InChI=1S/C17H25N5O/c1-4-20(5-2)17(23)14-7-6-10-21(12-14)16-11-13(3)19-15-8-9-18-22(15)16/h8-9,11,14H,4-7,10,12H2,1-3H3. The normalized spacial score (nSPS) is 18.4. The topological polar surface area (TPSA) is 53.7 Å². The fourth-order valence-corrected chi connectivity index (χ4v) is 3.42. The van der Waals surface area contributed by atoms with Crippen molar-refractivity contribution in [3.63, 3.8) is 0 Å². The van der Waals surface area contributed by atoms with Crippen LogP contribution in [-0.2, 0) is 4.79 Å². The van der Waals surface area contributed by atoms with Crippen molar-refractivity contribution < 1.29 is 4.79 Å². The van der Waals surface area contributed by atoms with Gasteiger partial charge in [-0.25, -0.2) is 4.98 Å². The second-order valence-electron chi connectivity index (χ2n) is 6.15. The van der Waals surface area contributed by atoms with Gasteiger partial charge in [-0.3, -0.25) is 4.79 Å². The first-order valence-corrected chi connectivity index (χ1v) is 8.49. The Labute approximate surface area is 137 Å². The zero-order valence-corrected chi connectivity index (χ0v) is 14.2. The molecule has 2 aromatic heterocycles. The van der Waals surface area contributed by atoms with E-state index in [1.54, 1.807) is 6.20 Å². The minimum absolute atomic E-state index is 0.0720. The van der Waals surface area contributed by atoms with E-state index < -0.39 is 0 Å². The zero-order valence-electron chi connectivity index (χ0n) is 14.2. The van der Waals surface area contributed by atoms with E-state index in [0.717, 1.165) is 56.2 Å². The van der Waals surface area contributed by atoms with E-state index in [1.165, 1.54) is 0 Å². The molecule has 3 heterocycles. The van der Waals surface area contributed by atoms with E-state index >= 15 is 0 Å². The Bertz CT molecular complexity index is 691. The SMILES string of the molecule is CCN(CC)C(=O)C1CCCN(c2cc(C)nc3ccnn23)C1. The summed E-state index contributed by atoms with van der Waals surface area (Å²) in [5.41, 5.74) is 1.84. The number of aromatic nitrogens is 3. The number of carbonyl (C=O) groups excluding carboxylic acids is 1. The van der Waals surface area contributed by atoms with Crippen molar-refractivity contribution in [1.82, 2.24) is 19.5 Å². The Morgan fingerprint density at radius 1 is 1.39 bits per heavy atom. The molecule has 3 rings (SSSR count). The van der Waals surface area contributed by atoms with Crippen LogP contribution in [0.25, 0.3) is 5.65 Å². The van der Waals surface area contributed by atoms with Gasteiger partial charge in [-0.2, -0.15) is 9.61 Å². The Morgan fingerprint density at radius 2 is 2.17 bits per heavy atom.